The predicted molar refractivity (Wildman–Crippen MR) is 114 cm³/mol. The molecule has 1 aromatic rings. The molecule has 3 aliphatic rings. The number of anilines is 1. The fourth-order valence-corrected chi connectivity index (χ4v) is 5.81. The molecule has 4 rings (SSSR count). The number of rotatable bonds is 2. The maximum Gasteiger partial charge on any atom is 0.234 e. The topological polar surface area (TPSA) is 49.7 Å². The second kappa shape index (κ2) is 5.73. The number of aliphatic imine (C=N–C) groups is 1. The van der Waals surface area contributed by atoms with Gasteiger partial charge in [-0.15, -0.1) is 6.58 Å². The van der Waals surface area contributed by atoms with Crippen LogP contribution in [0.1, 0.15) is 37.8 Å². The van der Waals surface area contributed by atoms with Crippen molar-refractivity contribution in [2.75, 3.05) is 11.9 Å². The van der Waals surface area contributed by atoms with Gasteiger partial charge in [-0.25, -0.2) is 4.99 Å². The highest BCUT2D eigenvalue weighted by atomic mass is 35.5. The molecule has 1 amide bonds. The standard InChI is InChI=1S/C22H21ClN2O2S/c1-6-21(4)15(23)10-13-18(26)22(21,24-11-28)12-8-7-9-14-16(12)17(20(13,2)3)19(27)25(14)5/h6-10,13,17H,1H2,2-5H3/t13-,17+,21+,22-/m0/s1. The van der Waals surface area contributed by atoms with Crippen LogP contribution in [0.15, 0.2) is 47.0 Å². The Labute approximate surface area is 175 Å². The molecule has 0 aromatic heterocycles. The summed E-state index contributed by atoms with van der Waals surface area (Å²) in [7, 11) is 1.77. The highest BCUT2D eigenvalue weighted by Gasteiger charge is 2.67. The van der Waals surface area contributed by atoms with Crippen LogP contribution in [-0.2, 0) is 15.1 Å². The Bertz CT molecular complexity index is 1040. The van der Waals surface area contributed by atoms with Gasteiger partial charge in [0.15, 0.2) is 11.3 Å². The van der Waals surface area contributed by atoms with Crippen molar-refractivity contribution in [1.82, 2.24) is 0 Å². The van der Waals surface area contributed by atoms with Gasteiger partial charge in [-0.3, -0.25) is 9.59 Å². The number of amides is 1. The Hall–Kier alpha value is -2.07. The highest BCUT2D eigenvalue weighted by molar-refractivity contribution is 7.78. The summed E-state index contributed by atoms with van der Waals surface area (Å²) in [6, 6.07) is 5.61. The number of halogens is 1. The molecular weight excluding hydrogens is 392 g/mol. The number of nitrogens with zero attached hydrogens (tertiary/aromatic N) is 2. The molecule has 0 radical (unpaired) electrons. The van der Waals surface area contributed by atoms with E-state index in [1.54, 1.807) is 24.1 Å². The molecule has 144 valence electrons. The Morgan fingerprint density at radius 1 is 1.32 bits per heavy atom. The van der Waals surface area contributed by atoms with Gasteiger partial charge < -0.3 is 4.90 Å². The van der Waals surface area contributed by atoms with Crippen LogP contribution in [0.5, 0.6) is 0 Å². The third kappa shape index (κ3) is 1.87. The number of thiocarbonyl (C=S) groups is 1. The zero-order chi connectivity index (χ0) is 20.6. The van der Waals surface area contributed by atoms with Crippen LogP contribution in [0.2, 0.25) is 0 Å². The van der Waals surface area contributed by atoms with Gasteiger partial charge >= 0.3 is 0 Å². The number of benzene rings is 1. The van der Waals surface area contributed by atoms with Crippen LogP contribution < -0.4 is 4.90 Å². The third-order valence-electron chi connectivity index (χ3n) is 7.07. The lowest BCUT2D eigenvalue weighted by Crippen LogP contribution is -2.55. The van der Waals surface area contributed by atoms with E-state index in [0.717, 1.165) is 11.3 Å². The summed E-state index contributed by atoms with van der Waals surface area (Å²) in [5.74, 6) is -1.23. The molecule has 0 saturated heterocycles. The first-order valence-corrected chi connectivity index (χ1v) is 9.94. The first-order chi connectivity index (χ1) is 13.1. The van der Waals surface area contributed by atoms with E-state index in [-0.39, 0.29) is 11.7 Å². The van der Waals surface area contributed by atoms with Gasteiger partial charge in [0.05, 0.1) is 16.5 Å². The van der Waals surface area contributed by atoms with Gasteiger partial charge in [0.2, 0.25) is 5.91 Å². The fraction of sp³-hybridized carbons (Fsp3) is 0.409. The minimum Gasteiger partial charge on any atom is -0.315 e. The first-order valence-electron chi connectivity index (χ1n) is 9.15. The van der Waals surface area contributed by atoms with E-state index >= 15 is 0 Å². The largest absolute Gasteiger partial charge is 0.315 e. The molecule has 0 unspecified atom stereocenters. The molecule has 1 heterocycles. The molecule has 2 bridgehead atoms. The van der Waals surface area contributed by atoms with Crippen molar-refractivity contribution in [3.8, 4) is 0 Å². The van der Waals surface area contributed by atoms with Crippen LogP contribution in [0.3, 0.4) is 0 Å². The molecule has 0 N–H and O–H groups in total. The van der Waals surface area contributed by atoms with Crippen molar-refractivity contribution in [1.29, 1.82) is 0 Å². The number of isothiocyanates is 1. The summed E-state index contributed by atoms with van der Waals surface area (Å²) in [6.07, 6.45) is 3.43. The summed E-state index contributed by atoms with van der Waals surface area (Å²) in [4.78, 5) is 33.5. The summed E-state index contributed by atoms with van der Waals surface area (Å²) in [5.41, 5.74) is -0.807. The Kier molecular flexibility index (Phi) is 3.94. The molecule has 6 heteroatoms. The Morgan fingerprint density at radius 3 is 2.61 bits per heavy atom. The molecule has 2 aliphatic carbocycles. The number of hydrogen-bond donors (Lipinski definition) is 0. The van der Waals surface area contributed by atoms with Gasteiger partial charge in [-0.05, 0) is 41.7 Å². The van der Waals surface area contributed by atoms with Crippen molar-refractivity contribution >= 4 is 46.4 Å². The van der Waals surface area contributed by atoms with Gasteiger partial charge in [0.25, 0.3) is 0 Å². The number of Topliss-reactive ketones (excluding diaryl/α,β-unsaturated/α-hetero) is 1. The Morgan fingerprint density at radius 2 is 2.00 bits per heavy atom. The zero-order valence-electron chi connectivity index (χ0n) is 16.2. The van der Waals surface area contributed by atoms with Gasteiger partial charge in [-0.2, -0.15) is 0 Å². The Balaban J connectivity index is 2.28. The highest BCUT2D eigenvalue weighted by Crippen LogP contribution is 2.65. The summed E-state index contributed by atoms with van der Waals surface area (Å²) in [5, 5.41) is 2.93. The number of ketones is 1. The van der Waals surface area contributed by atoms with E-state index in [4.69, 9.17) is 23.8 Å². The number of carbonyl (C=O) groups excluding carboxylic acids is 2. The van der Waals surface area contributed by atoms with Crippen molar-refractivity contribution < 1.29 is 9.59 Å². The van der Waals surface area contributed by atoms with E-state index in [1.165, 1.54) is 0 Å². The number of hydrogen-bond acceptors (Lipinski definition) is 4. The van der Waals surface area contributed by atoms with Crippen molar-refractivity contribution in [3.63, 3.8) is 0 Å². The lowest BCUT2D eigenvalue weighted by atomic mass is 9.57. The molecule has 0 fully saturated rings. The van der Waals surface area contributed by atoms with Crippen molar-refractivity contribution in [2.24, 2.45) is 21.7 Å². The lowest BCUT2D eigenvalue weighted by molar-refractivity contribution is -0.134. The predicted octanol–water partition coefficient (Wildman–Crippen LogP) is 4.60. The third-order valence-corrected chi connectivity index (χ3v) is 7.68. The van der Waals surface area contributed by atoms with Crippen LogP contribution >= 0.6 is 23.8 Å². The normalized spacial score (nSPS) is 34.9. The van der Waals surface area contributed by atoms with Crippen molar-refractivity contribution in [3.05, 3.63) is 53.1 Å². The number of carbonyl (C=O) groups is 2. The van der Waals surface area contributed by atoms with Gasteiger partial charge in [-0.1, -0.05) is 49.7 Å². The maximum absolute atomic E-state index is 14.1. The van der Waals surface area contributed by atoms with E-state index in [9.17, 15) is 9.59 Å². The molecule has 4 nitrogen and oxygen atoms in total. The lowest BCUT2D eigenvalue weighted by Gasteiger charge is -2.48. The smallest absolute Gasteiger partial charge is 0.234 e. The van der Waals surface area contributed by atoms with Crippen LogP contribution in [0, 0.1) is 16.7 Å². The molecule has 4 atom stereocenters. The average molecular weight is 413 g/mol. The minimum atomic E-state index is -1.41. The SMILES string of the molecule is C=C[C@]1(C)C(Cl)=C[C@H]2C(=O)[C@@]1(N=C=S)c1cccc3c1[C@H](C(=O)N3C)C2(C)C. The summed E-state index contributed by atoms with van der Waals surface area (Å²) >= 11 is 11.8. The van der Waals surface area contributed by atoms with Crippen LogP contribution in [-0.4, -0.2) is 23.9 Å². The molecule has 0 saturated carbocycles. The summed E-state index contributed by atoms with van der Waals surface area (Å²) < 4.78 is 0. The molecule has 1 aliphatic heterocycles. The van der Waals surface area contributed by atoms with E-state index in [1.807, 2.05) is 39.0 Å². The minimum absolute atomic E-state index is 0.0286. The molecule has 1 aromatic carbocycles. The van der Waals surface area contributed by atoms with E-state index in [0.29, 0.717) is 10.6 Å². The van der Waals surface area contributed by atoms with E-state index < -0.39 is 28.2 Å². The molecule has 0 spiro atoms. The zero-order valence-corrected chi connectivity index (χ0v) is 17.8. The van der Waals surface area contributed by atoms with Crippen LogP contribution in [0.25, 0.3) is 0 Å². The summed E-state index contributed by atoms with van der Waals surface area (Å²) in [6.45, 7) is 9.71. The van der Waals surface area contributed by atoms with Crippen molar-refractivity contribution in [2.45, 2.75) is 32.2 Å². The molecule has 28 heavy (non-hydrogen) atoms. The number of fused-ring (bicyclic) bond motifs is 3. The van der Waals surface area contributed by atoms with Gasteiger partial charge in [0.1, 0.15) is 0 Å². The second-order valence-corrected chi connectivity index (χ2v) is 9.16. The van der Waals surface area contributed by atoms with E-state index in [2.05, 4.69) is 16.7 Å². The monoisotopic (exact) mass is 412 g/mol. The number of likely N-dealkylation sites (N-methyl/N-ethyl adjacent to an activating group) is 1. The first kappa shape index (κ1) is 19.3. The quantitative estimate of drug-likeness (QED) is 0.405. The average Bonchev–Trinajstić information content (AvgIpc) is 2.90. The number of allylic oxidation sites excluding steroid dienone is 1. The maximum atomic E-state index is 14.1. The second-order valence-electron chi connectivity index (χ2n) is 8.57. The molecular formula is C22H21ClN2O2S. The fourth-order valence-electron chi connectivity index (χ4n) is 5.33. The van der Waals surface area contributed by atoms with Gasteiger partial charge in [0, 0.05) is 23.7 Å². The van der Waals surface area contributed by atoms with Crippen LogP contribution in [0.4, 0.5) is 5.69 Å².